The molecule has 0 aromatic carbocycles. The van der Waals surface area contributed by atoms with Crippen LogP contribution >= 0.6 is 11.6 Å². The maximum absolute atomic E-state index is 12.2. The van der Waals surface area contributed by atoms with E-state index >= 15 is 0 Å². The molecule has 1 saturated heterocycles. The molecular formula is C13H18ClN5O. The number of nitrogen functional groups attached to an aromatic ring is 1. The Kier molecular flexibility index (Phi) is 3.78. The second-order valence-corrected chi connectivity index (χ2v) is 5.78. The Bertz CT molecular complexity index is 519. The molecule has 6 nitrogen and oxygen atoms in total. The van der Waals surface area contributed by atoms with Crippen molar-refractivity contribution in [2.24, 2.45) is 5.84 Å². The number of carbonyl (C=O) groups excluding carboxylic acids is 1. The minimum atomic E-state index is -0.131. The van der Waals surface area contributed by atoms with Crippen LogP contribution in [-0.4, -0.2) is 41.0 Å². The average molecular weight is 296 g/mol. The summed E-state index contributed by atoms with van der Waals surface area (Å²) >= 11 is 5.87. The van der Waals surface area contributed by atoms with E-state index in [4.69, 9.17) is 17.4 Å². The molecule has 0 radical (unpaired) electrons. The van der Waals surface area contributed by atoms with Gasteiger partial charge < -0.3 is 10.7 Å². The highest BCUT2D eigenvalue weighted by atomic mass is 35.5. The fourth-order valence-electron chi connectivity index (χ4n) is 2.65. The van der Waals surface area contributed by atoms with Gasteiger partial charge in [0.2, 0.25) is 0 Å². The van der Waals surface area contributed by atoms with E-state index in [0.717, 1.165) is 25.6 Å². The second kappa shape index (κ2) is 5.55. The van der Waals surface area contributed by atoms with Crippen LogP contribution in [0.4, 0.5) is 5.82 Å². The van der Waals surface area contributed by atoms with E-state index in [2.05, 4.69) is 20.6 Å². The Morgan fingerprint density at radius 2 is 2.20 bits per heavy atom. The Hall–Kier alpha value is -1.37. The lowest BCUT2D eigenvalue weighted by Crippen LogP contribution is -2.37. The van der Waals surface area contributed by atoms with Crippen molar-refractivity contribution in [1.82, 2.24) is 15.2 Å². The fourth-order valence-corrected chi connectivity index (χ4v) is 2.86. The molecule has 1 aliphatic heterocycles. The first kappa shape index (κ1) is 13.6. The molecule has 1 aromatic rings. The molecule has 2 heterocycles. The van der Waals surface area contributed by atoms with Crippen molar-refractivity contribution in [2.45, 2.75) is 31.3 Å². The van der Waals surface area contributed by atoms with E-state index in [1.54, 1.807) is 12.1 Å². The van der Waals surface area contributed by atoms with Crippen LogP contribution in [0.5, 0.6) is 0 Å². The summed E-state index contributed by atoms with van der Waals surface area (Å²) in [7, 11) is 0. The van der Waals surface area contributed by atoms with Gasteiger partial charge in [0.05, 0.1) is 0 Å². The number of pyridine rings is 1. The SMILES string of the molecule is NNc1cc(C(=O)NC2CCN(C3CC3)C2)cc(Cl)n1. The number of hydrogen-bond acceptors (Lipinski definition) is 5. The normalized spacial score (nSPS) is 22.8. The van der Waals surface area contributed by atoms with Gasteiger partial charge in [-0.2, -0.15) is 0 Å². The third kappa shape index (κ3) is 3.03. The lowest BCUT2D eigenvalue weighted by Gasteiger charge is -2.16. The standard InChI is InChI=1S/C13H18ClN5O/c14-11-5-8(6-12(17-11)18-15)13(20)16-9-3-4-19(7-9)10-1-2-10/h5-6,9-10H,1-4,7,15H2,(H,16,20)(H,17,18). The third-order valence-corrected chi connectivity index (χ3v) is 4.02. The molecule has 7 heteroatoms. The molecule has 1 saturated carbocycles. The Labute approximate surface area is 122 Å². The number of halogens is 1. The highest BCUT2D eigenvalue weighted by Gasteiger charge is 2.34. The van der Waals surface area contributed by atoms with E-state index in [-0.39, 0.29) is 17.1 Å². The lowest BCUT2D eigenvalue weighted by molar-refractivity contribution is 0.0937. The van der Waals surface area contributed by atoms with E-state index < -0.39 is 0 Å². The van der Waals surface area contributed by atoms with Crippen LogP contribution in [0, 0.1) is 0 Å². The van der Waals surface area contributed by atoms with Crippen LogP contribution < -0.4 is 16.6 Å². The summed E-state index contributed by atoms with van der Waals surface area (Å²) in [6.45, 7) is 2.01. The molecule has 4 N–H and O–H groups in total. The quantitative estimate of drug-likeness (QED) is 0.438. The number of nitrogens with one attached hydrogen (secondary N) is 2. The molecule has 2 aliphatic rings. The average Bonchev–Trinajstić information content (AvgIpc) is 3.19. The first-order valence-corrected chi connectivity index (χ1v) is 7.22. The summed E-state index contributed by atoms with van der Waals surface area (Å²) in [5, 5.41) is 3.30. The Morgan fingerprint density at radius 3 is 2.90 bits per heavy atom. The number of amides is 1. The van der Waals surface area contributed by atoms with E-state index in [1.165, 1.54) is 12.8 Å². The van der Waals surface area contributed by atoms with Crippen molar-refractivity contribution in [2.75, 3.05) is 18.5 Å². The smallest absolute Gasteiger partial charge is 0.251 e. The van der Waals surface area contributed by atoms with Gasteiger partial charge in [-0.1, -0.05) is 11.6 Å². The summed E-state index contributed by atoms with van der Waals surface area (Å²) in [6.07, 6.45) is 3.60. The van der Waals surface area contributed by atoms with Crippen molar-refractivity contribution in [1.29, 1.82) is 0 Å². The first-order valence-electron chi connectivity index (χ1n) is 6.85. The van der Waals surface area contributed by atoms with E-state index in [0.29, 0.717) is 11.4 Å². The van der Waals surface area contributed by atoms with Gasteiger partial charge >= 0.3 is 0 Å². The highest BCUT2D eigenvalue weighted by Crippen LogP contribution is 2.29. The van der Waals surface area contributed by atoms with Crippen molar-refractivity contribution in [3.05, 3.63) is 22.8 Å². The van der Waals surface area contributed by atoms with Crippen LogP contribution in [0.2, 0.25) is 5.15 Å². The molecule has 2 fully saturated rings. The van der Waals surface area contributed by atoms with Crippen LogP contribution in [-0.2, 0) is 0 Å². The number of anilines is 1. The van der Waals surface area contributed by atoms with E-state index in [1.807, 2.05) is 0 Å². The number of aromatic nitrogens is 1. The van der Waals surface area contributed by atoms with Gasteiger partial charge in [0.15, 0.2) is 0 Å². The zero-order valence-electron chi connectivity index (χ0n) is 11.1. The van der Waals surface area contributed by atoms with E-state index in [9.17, 15) is 4.79 Å². The largest absolute Gasteiger partial charge is 0.348 e. The number of hydrogen-bond donors (Lipinski definition) is 3. The summed E-state index contributed by atoms with van der Waals surface area (Å²) in [5.74, 6) is 5.55. The molecule has 1 aliphatic carbocycles. The Balaban J connectivity index is 1.62. The number of carbonyl (C=O) groups is 1. The molecule has 1 amide bonds. The summed E-state index contributed by atoms with van der Waals surface area (Å²) in [5.41, 5.74) is 2.88. The maximum Gasteiger partial charge on any atom is 0.251 e. The van der Waals surface area contributed by atoms with Crippen molar-refractivity contribution < 1.29 is 4.79 Å². The molecule has 1 aromatic heterocycles. The first-order chi connectivity index (χ1) is 9.65. The molecule has 20 heavy (non-hydrogen) atoms. The summed E-state index contributed by atoms with van der Waals surface area (Å²) in [4.78, 5) is 18.6. The molecule has 3 rings (SSSR count). The number of likely N-dealkylation sites (tertiary alicyclic amines) is 1. The number of hydrazine groups is 1. The van der Waals surface area contributed by atoms with Crippen LogP contribution in [0.15, 0.2) is 12.1 Å². The molecule has 1 atom stereocenters. The number of nitrogens with two attached hydrogens (primary N) is 1. The summed E-state index contributed by atoms with van der Waals surface area (Å²) < 4.78 is 0. The Morgan fingerprint density at radius 1 is 1.40 bits per heavy atom. The predicted octanol–water partition coefficient (Wildman–Crippen LogP) is 0.987. The van der Waals surface area contributed by atoms with Crippen LogP contribution in [0.3, 0.4) is 0 Å². The van der Waals surface area contributed by atoms with Gasteiger partial charge in [0.25, 0.3) is 5.91 Å². The molecule has 0 spiro atoms. The monoisotopic (exact) mass is 295 g/mol. The van der Waals surface area contributed by atoms with Crippen LogP contribution in [0.25, 0.3) is 0 Å². The fraction of sp³-hybridized carbons (Fsp3) is 0.538. The summed E-state index contributed by atoms with van der Waals surface area (Å²) in [6, 6.07) is 4.10. The zero-order chi connectivity index (χ0) is 14.1. The molecular weight excluding hydrogens is 278 g/mol. The van der Waals surface area contributed by atoms with Crippen molar-refractivity contribution in [3.63, 3.8) is 0 Å². The van der Waals surface area contributed by atoms with Gasteiger partial charge in [0.1, 0.15) is 11.0 Å². The van der Waals surface area contributed by atoms with Gasteiger partial charge in [-0.3, -0.25) is 9.69 Å². The highest BCUT2D eigenvalue weighted by molar-refractivity contribution is 6.29. The molecule has 108 valence electrons. The van der Waals surface area contributed by atoms with Gasteiger partial charge in [-0.05, 0) is 31.4 Å². The van der Waals surface area contributed by atoms with Gasteiger partial charge in [-0.25, -0.2) is 10.8 Å². The second-order valence-electron chi connectivity index (χ2n) is 5.39. The zero-order valence-corrected chi connectivity index (χ0v) is 11.9. The maximum atomic E-state index is 12.2. The van der Waals surface area contributed by atoms with Crippen molar-refractivity contribution in [3.8, 4) is 0 Å². The van der Waals surface area contributed by atoms with Crippen LogP contribution in [0.1, 0.15) is 29.6 Å². The predicted molar refractivity (Wildman–Crippen MR) is 77.5 cm³/mol. The topological polar surface area (TPSA) is 83.3 Å². The van der Waals surface area contributed by atoms with Crippen molar-refractivity contribution >= 4 is 23.3 Å². The van der Waals surface area contributed by atoms with Gasteiger partial charge in [0, 0.05) is 30.7 Å². The molecule has 1 unspecified atom stereocenters. The lowest BCUT2D eigenvalue weighted by atomic mass is 10.2. The molecule has 0 bridgehead atoms. The third-order valence-electron chi connectivity index (χ3n) is 3.82. The minimum absolute atomic E-state index is 0.131. The van der Waals surface area contributed by atoms with Gasteiger partial charge in [-0.15, -0.1) is 0 Å². The number of rotatable bonds is 4. The number of nitrogens with zero attached hydrogens (tertiary/aromatic N) is 2. The minimum Gasteiger partial charge on any atom is -0.348 e.